The SMILES string of the molecule is CC1CCC(C(O)c2ccn(C)n2)CC1. The third-order valence-corrected chi connectivity index (χ3v) is 3.54. The third-order valence-electron chi connectivity index (χ3n) is 3.54. The monoisotopic (exact) mass is 208 g/mol. The predicted molar refractivity (Wildman–Crippen MR) is 59.3 cm³/mol. The van der Waals surface area contributed by atoms with Crippen LogP contribution in [0.25, 0.3) is 0 Å². The Kier molecular flexibility index (Phi) is 3.10. The largest absolute Gasteiger partial charge is 0.386 e. The van der Waals surface area contributed by atoms with Gasteiger partial charge in [0.15, 0.2) is 0 Å². The molecule has 3 heteroatoms. The van der Waals surface area contributed by atoms with Crippen LogP contribution in [0.4, 0.5) is 0 Å². The minimum atomic E-state index is -0.362. The molecule has 3 nitrogen and oxygen atoms in total. The molecular weight excluding hydrogens is 188 g/mol. The van der Waals surface area contributed by atoms with Gasteiger partial charge in [0, 0.05) is 13.2 Å². The molecule has 1 atom stereocenters. The summed E-state index contributed by atoms with van der Waals surface area (Å²) in [6, 6.07) is 1.92. The fourth-order valence-corrected chi connectivity index (χ4v) is 2.43. The van der Waals surface area contributed by atoms with E-state index in [-0.39, 0.29) is 6.10 Å². The molecule has 1 saturated carbocycles. The van der Waals surface area contributed by atoms with Gasteiger partial charge in [0.1, 0.15) is 6.10 Å². The van der Waals surface area contributed by atoms with Crippen molar-refractivity contribution in [1.82, 2.24) is 9.78 Å². The summed E-state index contributed by atoms with van der Waals surface area (Å²) >= 11 is 0. The number of nitrogens with zero attached hydrogens (tertiary/aromatic N) is 2. The Bertz CT molecular complexity index is 313. The molecule has 1 fully saturated rings. The van der Waals surface area contributed by atoms with Gasteiger partial charge in [0.2, 0.25) is 0 Å². The summed E-state index contributed by atoms with van der Waals surface area (Å²) < 4.78 is 1.75. The Morgan fingerprint density at radius 2 is 2.07 bits per heavy atom. The standard InChI is InChI=1S/C12H20N2O/c1-9-3-5-10(6-4-9)12(15)11-7-8-14(2)13-11/h7-10,12,15H,3-6H2,1-2H3. The molecule has 0 amide bonds. The molecule has 0 spiro atoms. The summed E-state index contributed by atoms with van der Waals surface area (Å²) in [6.45, 7) is 2.30. The maximum atomic E-state index is 10.2. The van der Waals surface area contributed by atoms with Crippen LogP contribution >= 0.6 is 0 Å². The molecule has 1 aliphatic carbocycles. The lowest BCUT2D eigenvalue weighted by Gasteiger charge is -2.28. The molecule has 0 aliphatic heterocycles. The van der Waals surface area contributed by atoms with Crippen molar-refractivity contribution in [2.45, 2.75) is 38.7 Å². The van der Waals surface area contributed by atoms with E-state index >= 15 is 0 Å². The first-order valence-corrected chi connectivity index (χ1v) is 5.84. The highest BCUT2D eigenvalue weighted by atomic mass is 16.3. The van der Waals surface area contributed by atoms with E-state index in [0.717, 1.165) is 24.5 Å². The lowest BCUT2D eigenvalue weighted by atomic mass is 9.79. The van der Waals surface area contributed by atoms with Crippen molar-refractivity contribution < 1.29 is 5.11 Å². The van der Waals surface area contributed by atoms with Crippen molar-refractivity contribution in [3.8, 4) is 0 Å². The second-order valence-corrected chi connectivity index (χ2v) is 4.88. The molecule has 1 aromatic heterocycles. The number of rotatable bonds is 2. The van der Waals surface area contributed by atoms with E-state index < -0.39 is 0 Å². The average Bonchev–Trinajstić information content (AvgIpc) is 2.65. The van der Waals surface area contributed by atoms with Gasteiger partial charge >= 0.3 is 0 Å². The van der Waals surface area contributed by atoms with Gasteiger partial charge in [0.25, 0.3) is 0 Å². The van der Waals surface area contributed by atoms with E-state index in [1.165, 1.54) is 12.8 Å². The van der Waals surface area contributed by atoms with Crippen LogP contribution in [0.5, 0.6) is 0 Å². The second kappa shape index (κ2) is 4.35. The average molecular weight is 208 g/mol. The zero-order valence-corrected chi connectivity index (χ0v) is 9.56. The van der Waals surface area contributed by atoms with Crippen LogP contribution in [0.2, 0.25) is 0 Å². The zero-order chi connectivity index (χ0) is 10.8. The van der Waals surface area contributed by atoms with Crippen LogP contribution in [-0.4, -0.2) is 14.9 Å². The quantitative estimate of drug-likeness (QED) is 0.809. The van der Waals surface area contributed by atoms with Gasteiger partial charge in [-0.15, -0.1) is 0 Å². The number of aliphatic hydroxyl groups excluding tert-OH is 1. The van der Waals surface area contributed by atoms with Crippen molar-refractivity contribution in [3.05, 3.63) is 18.0 Å². The molecule has 1 heterocycles. The normalized spacial score (nSPS) is 29.0. The van der Waals surface area contributed by atoms with Crippen molar-refractivity contribution in [2.24, 2.45) is 18.9 Å². The van der Waals surface area contributed by atoms with Crippen molar-refractivity contribution in [1.29, 1.82) is 0 Å². The number of aliphatic hydroxyl groups is 1. The van der Waals surface area contributed by atoms with E-state index in [2.05, 4.69) is 12.0 Å². The number of hydrogen-bond donors (Lipinski definition) is 1. The van der Waals surface area contributed by atoms with Crippen molar-refractivity contribution in [3.63, 3.8) is 0 Å². The highest BCUT2D eigenvalue weighted by molar-refractivity contribution is 5.04. The predicted octanol–water partition coefficient (Wildman–Crippen LogP) is 2.28. The smallest absolute Gasteiger partial charge is 0.101 e. The molecule has 0 radical (unpaired) electrons. The zero-order valence-electron chi connectivity index (χ0n) is 9.56. The summed E-state index contributed by atoms with van der Waals surface area (Å²) in [6.07, 6.45) is 6.30. The lowest BCUT2D eigenvalue weighted by molar-refractivity contribution is 0.0716. The van der Waals surface area contributed by atoms with Gasteiger partial charge in [0.05, 0.1) is 5.69 Å². The maximum Gasteiger partial charge on any atom is 0.101 e. The Morgan fingerprint density at radius 3 is 2.60 bits per heavy atom. The third kappa shape index (κ3) is 2.40. The van der Waals surface area contributed by atoms with E-state index in [4.69, 9.17) is 0 Å². The number of hydrogen-bond acceptors (Lipinski definition) is 2. The Balaban J connectivity index is 1.99. The molecule has 2 rings (SSSR count). The Hall–Kier alpha value is -0.830. The van der Waals surface area contributed by atoms with E-state index in [0.29, 0.717) is 5.92 Å². The van der Waals surface area contributed by atoms with Crippen LogP contribution < -0.4 is 0 Å². The summed E-state index contributed by atoms with van der Waals surface area (Å²) in [5.41, 5.74) is 0.831. The molecule has 15 heavy (non-hydrogen) atoms. The first-order chi connectivity index (χ1) is 7.16. The lowest BCUT2D eigenvalue weighted by Crippen LogP contribution is -2.19. The summed E-state index contributed by atoms with van der Waals surface area (Å²) in [5.74, 6) is 1.24. The van der Waals surface area contributed by atoms with Gasteiger partial charge in [-0.3, -0.25) is 4.68 Å². The second-order valence-electron chi connectivity index (χ2n) is 4.88. The Labute approximate surface area is 91.1 Å². The van der Waals surface area contributed by atoms with E-state index in [1.807, 2.05) is 19.3 Å². The summed E-state index contributed by atoms with van der Waals surface area (Å²) in [5, 5.41) is 14.4. The van der Waals surface area contributed by atoms with Crippen LogP contribution in [-0.2, 0) is 7.05 Å². The van der Waals surface area contributed by atoms with Gasteiger partial charge in [-0.25, -0.2) is 0 Å². The molecule has 0 aromatic carbocycles. The van der Waals surface area contributed by atoms with Gasteiger partial charge in [-0.2, -0.15) is 5.10 Å². The Morgan fingerprint density at radius 1 is 1.40 bits per heavy atom. The number of aromatic nitrogens is 2. The highest BCUT2D eigenvalue weighted by Gasteiger charge is 2.26. The topological polar surface area (TPSA) is 38.0 Å². The van der Waals surface area contributed by atoms with Crippen LogP contribution in [0.1, 0.15) is 44.4 Å². The summed E-state index contributed by atoms with van der Waals surface area (Å²) in [7, 11) is 1.89. The van der Waals surface area contributed by atoms with Crippen molar-refractivity contribution >= 4 is 0 Å². The molecule has 84 valence electrons. The molecule has 0 saturated heterocycles. The minimum Gasteiger partial charge on any atom is -0.386 e. The van der Waals surface area contributed by atoms with Crippen molar-refractivity contribution in [2.75, 3.05) is 0 Å². The first kappa shape index (κ1) is 10.7. The first-order valence-electron chi connectivity index (χ1n) is 5.84. The minimum absolute atomic E-state index is 0.362. The van der Waals surface area contributed by atoms with Crippen LogP contribution in [0.3, 0.4) is 0 Å². The molecular formula is C12H20N2O. The van der Waals surface area contributed by atoms with E-state index in [1.54, 1.807) is 4.68 Å². The fraction of sp³-hybridized carbons (Fsp3) is 0.750. The molecule has 1 aliphatic rings. The summed E-state index contributed by atoms with van der Waals surface area (Å²) in [4.78, 5) is 0. The molecule has 1 unspecified atom stereocenters. The molecule has 1 N–H and O–H groups in total. The van der Waals surface area contributed by atoms with Gasteiger partial charge < -0.3 is 5.11 Å². The number of aryl methyl sites for hydroxylation is 1. The van der Waals surface area contributed by atoms with E-state index in [9.17, 15) is 5.11 Å². The van der Waals surface area contributed by atoms with Gasteiger partial charge in [-0.1, -0.05) is 19.8 Å². The molecule has 1 aromatic rings. The van der Waals surface area contributed by atoms with Gasteiger partial charge in [-0.05, 0) is 30.7 Å². The van der Waals surface area contributed by atoms with Crippen LogP contribution in [0.15, 0.2) is 12.3 Å². The molecule has 0 bridgehead atoms. The fourth-order valence-electron chi connectivity index (χ4n) is 2.43. The van der Waals surface area contributed by atoms with Crippen LogP contribution in [0, 0.1) is 11.8 Å². The highest BCUT2D eigenvalue weighted by Crippen LogP contribution is 2.35. The maximum absolute atomic E-state index is 10.2.